The van der Waals surface area contributed by atoms with E-state index in [4.69, 9.17) is 11.5 Å². The maximum atomic E-state index is 5.56. The van der Waals surface area contributed by atoms with Crippen LogP contribution in [0, 0.1) is 0 Å². The molecule has 11 heavy (non-hydrogen) atoms. The van der Waals surface area contributed by atoms with Gasteiger partial charge in [-0.3, -0.25) is 0 Å². The molecule has 1 unspecified atom stereocenters. The molecule has 0 saturated carbocycles. The van der Waals surface area contributed by atoms with Crippen LogP contribution in [0.1, 0.15) is 20.3 Å². The van der Waals surface area contributed by atoms with Gasteiger partial charge >= 0.3 is 0 Å². The normalized spacial score (nSPS) is 14.7. The number of nitrogens with one attached hydrogen (secondary N) is 1. The smallest absolute Gasteiger partial charge is 0.0214 e. The molecule has 3 nitrogen and oxygen atoms in total. The fourth-order valence-electron chi connectivity index (χ4n) is 0.841. The van der Waals surface area contributed by atoms with Crippen molar-refractivity contribution in [3.05, 3.63) is 11.8 Å². The van der Waals surface area contributed by atoms with Gasteiger partial charge < -0.3 is 16.8 Å². The summed E-state index contributed by atoms with van der Waals surface area (Å²) in [6.07, 6.45) is 3.00. The summed E-state index contributed by atoms with van der Waals surface area (Å²) in [5.41, 5.74) is 12.0. The van der Waals surface area contributed by atoms with Crippen molar-refractivity contribution < 1.29 is 0 Å². The molecule has 3 heteroatoms. The molecule has 0 fully saturated rings. The maximum Gasteiger partial charge on any atom is 0.0214 e. The minimum atomic E-state index is 0.125. The molecule has 66 valence electrons. The van der Waals surface area contributed by atoms with Crippen molar-refractivity contribution in [1.82, 2.24) is 5.32 Å². The van der Waals surface area contributed by atoms with Crippen molar-refractivity contribution in [3.8, 4) is 0 Å². The maximum absolute atomic E-state index is 5.56. The van der Waals surface area contributed by atoms with Crippen LogP contribution in [0.2, 0.25) is 0 Å². The van der Waals surface area contributed by atoms with Crippen molar-refractivity contribution in [2.24, 2.45) is 11.5 Å². The van der Waals surface area contributed by atoms with Gasteiger partial charge in [-0.05, 0) is 32.9 Å². The third-order valence-corrected chi connectivity index (χ3v) is 1.30. The van der Waals surface area contributed by atoms with Gasteiger partial charge in [-0.25, -0.2) is 0 Å². The molecule has 0 bridgehead atoms. The molecule has 0 aliphatic rings. The minimum Gasteiger partial charge on any atom is -0.389 e. The molecular weight excluding hydrogens is 138 g/mol. The fourth-order valence-corrected chi connectivity index (χ4v) is 0.841. The van der Waals surface area contributed by atoms with Crippen molar-refractivity contribution in [3.63, 3.8) is 0 Å². The zero-order chi connectivity index (χ0) is 8.69. The summed E-state index contributed by atoms with van der Waals surface area (Å²) in [6.45, 7) is 5.64. The second kappa shape index (κ2) is 6.19. The Balaban J connectivity index is 3.43. The fraction of sp³-hybridized carbons (Fsp3) is 0.750. The quantitative estimate of drug-likeness (QED) is 0.499. The van der Waals surface area contributed by atoms with E-state index in [9.17, 15) is 0 Å². The first-order chi connectivity index (χ1) is 5.16. The lowest BCUT2D eigenvalue weighted by atomic mass is 10.3. The Morgan fingerprint density at radius 1 is 1.64 bits per heavy atom. The lowest BCUT2D eigenvalue weighted by molar-refractivity contribution is 0.724. The van der Waals surface area contributed by atoms with Crippen LogP contribution in [-0.2, 0) is 0 Å². The number of rotatable bonds is 5. The van der Waals surface area contributed by atoms with E-state index in [1.54, 1.807) is 0 Å². The Morgan fingerprint density at radius 2 is 2.27 bits per heavy atom. The van der Waals surface area contributed by atoms with Crippen LogP contribution in [0.4, 0.5) is 0 Å². The largest absolute Gasteiger partial charge is 0.389 e. The van der Waals surface area contributed by atoms with Gasteiger partial charge in [0.15, 0.2) is 0 Å². The average Bonchev–Trinajstić information content (AvgIpc) is 1.86. The van der Waals surface area contributed by atoms with Crippen molar-refractivity contribution in [2.45, 2.75) is 26.3 Å². The Bertz CT molecular complexity index is 119. The van der Waals surface area contributed by atoms with Gasteiger partial charge in [0.2, 0.25) is 0 Å². The molecule has 5 N–H and O–H groups in total. The zero-order valence-electron chi connectivity index (χ0n) is 7.43. The van der Waals surface area contributed by atoms with Crippen LogP contribution in [-0.4, -0.2) is 19.1 Å². The molecule has 0 heterocycles. The van der Waals surface area contributed by atoms with Gasteiger partial charge in [-0.2, -0.15) is 0 Å². The third-order valence-electron chi connectivity index (χ3n) is 1.30. The highest BCUT2D eigenvalue weighted by Gasteiger charge is 1.89. The van der Waals surface area contributed by atoms with Crippen LogP contribution in [0.5, 0.6) is 0 Å². The molecule has 0 radical (unpaired) electrons. The summed E-state index contributed by atoms with van der Waals surface area (Å²) in [5, 5.41) is 3.22. The summed E-state index contributed by atoms with van der Waals surface area (Å²) in [6, 6.07) is 0.125. The van der Waals surface area contributed by atoms with Gasteiger partial charge in [0, 0.05) is 18.3 Å². The highest BCUT2D eigenvalue weighted by atomic mass is 14.9. The molecule has 0 aromatic heterocycles. The molecular formula is C8H19N3. The molecule has 1 atom stereocenters. The van der Waals surface area contributed by atoms with Gasteiger partial charge in [0.25, 0.3) is 0 Å². The summed E-state index contributed by atoms with van der Waals surface area (Å²) < 4.78 is 0. The monoisotopic (exact) mass is 157 g/mol. The van der Waals surface area contributed by atoms with E-state index in [0.717, 1.165) is 25.2 Å². The second-order valence-corrected chi connectivity index (χ2v) is 2.78. The van der Waals surface area contributed by atoms with Gasteiger partial charge in [0.1, 0.15) is 0 Å². The number of hydrogen-bond donors (Lipinski definition) is 3. The van der Waals surface area contributed by atoms with Gasteiger partial charge in [-0.1, -0.05) is 0 Å². The summed E-state index contributed by atoms with van der Waals surface area (Å²) in [4.78, 5) is 0. The Morgan fingerprint density at radius 3 is 2.73 bits per heavy atom. The zero-order valence-corrected chi connectivity index (χ0v) is 7.43. The number of hydrogen-bond acceptors (Lipinski definition) is 3. The molecule has 0 saturated heterocycles. The average molecular weight is 157 g/mol. The first-order valence-electron chi connectivity index (χ1n) is 4.04. The van der Waals surface area contributed by atoms with E-state index in [2.05, 4.69) is 5.32 Å². The van der Waals surface area contributed by atoms with E-state index >= 15 is 0 Å². The van der Waals surface area contributed by atoms with Crippen LogP contribution in [0.3, 0.4) is 0 Å². The summed E-state index contributed by atoms with van der Waals surface area (Å²) >= 11 is 0. The molecule has 0 amide bonds. The highest BCUT2D eigenvalue weighted by Crippen LogP contribution is 1.88. The molecule has 0 spiro atoms. The van der Waals surface area contributed by atoms with Crippen molar-refractivity contribution in [2.75, 3.05) is 13.1 Å². The third kappa shape index (κ3) is 7.36. The predicted octanol–water partition coefficient (Wildman–Crippen LogP) is 0.176. The highest BCUT2D eigenvalue weighted by molar-refractivity contribution is 4.99. The minimum absolute atomic E-state index is 0.125. The standard InChI is InChI=1S/C8H19N3/c1-7(10)6-8(2)11-5-3-4-9/h6-7,11H,3-5,9-10H2,1-2H3/b8-6-. The second-order valence-electron chi connectivity index (χ2n) is 2.78. The first kappa shape index (κ1) is 10.5. The van der Waals surface area contributed by atoms with Crippen molar-refractivity contribution >= 4 is 0 Å². The Kier molecular flexibility index (Phi) is 5.88. The van der Waals surface area contributed by atoms with Crippen LogP contribution in [0.25, 0.3) is 0 Å². The van der Waals surface area contributed by atoms with E-state index < -0.39 is 0 Å². The van der Waals surface area contributed by atoms with E-state index in [-0.39, 0.29) is 6.04 Å². The lowest BCUT2D eigenvalue weighted by Gasteiger charge is -2.06. The van der Waals surface area contributed by atoms with Crippen molar-refractivity contribution in [1.29, 1.82) is 0 Å². The summed E-state index contributed by atoms with van der Waals surface area (Å²) in [5.74, 6) is 0. The molecule has 0 rings (SSSR count). The van der Waals surface area contributed by atoms with Crippen LogP contribution < -0.4 is 16.8 Å². The summed E-state index contributed by atoms with van der Waals surface area (Å²) in [7, 11) is 0. The van der Waals surface area contributed by atoms with E-state index in [1.165, 1.54) is 0 Å². The van der Waals surface area contributed by atoms with E-state index in [1.807, 2.05) is 19.9 Å². The first-order valence-corrected chi connectivity index (χ1v) is 4.04. The Hall–Kier alpha value is -0.540. The molecule has 0 aliphatic heterocycles. The predicted molar refractivity (Wildman–Crippen MR) is 49.1 cm³/mol. The van der Waals surface area contributed by atoms with Gasteiger partial charge in [-0.15, -0.1) is 0 Å². The Labute approximate surface area is 68.8 Å². The topological polar surface area (TPSA) is 64.1 Å². The van der Waals surface area contributed by atoms with Gasteiger partial charge in [0.05, 0.1) is 0 Å². The lowest BCUT2D eigenvalue weighted by Crippen LogP contribution is -2.19. The molecule has 0 aromatic rings. The molecule has 0 aliphatic carbocycles. The van der Waals surface area contributed by atoms with Crippen LogP contribution >= 0.6 is 0 Å². The SMILES string of the molecule is C/C(=C/C(C)N)NCCCN. The molecule has 0 aromatic carbocycles. The van der Waals surface area contributed by atoms with E-state index in [0.29, 0.717) is 0 Å². The number of nitrogens with two attached hydrogens (primary N) is 2. The number of allylic oxidation sites excluding steroid dienone is 1. The van der Waals surface area contributed by atoms with Crippen LogP contribution in [0.15, 0.2) is 11.8 Å².